The van der Waals surface area contributed by atoms with Gasteiger partial charge >= 0.3 is 5.97 Å². The summed E-state index contributed by atoms with van der Waals surface area (Å²) in [5.74, 6) is 1.04. The average molecular weight is 248 g/mol. The molecule has 1 rings (SSSR count). The van der Waals surface area contributed by atoms with Crippen LogP contribution in [0.1, 0.15) is 39.2 Å². The van der Waals surface area contributed by atoms with Crippen LogP contribution < -0.4 is 9.47 Å². The first-order valence-electron chi connectivity index (χ1n) is 6.05. The van der Waals surface area contributed by atoms with Gasteiger partial charge < -0.3 is 9.47 Å². The molecule has 0 aliphatic heterocycles. The second-order valence-corrected chi connectivity index (χ2v) is 4.52. The molecule has 0 heterocycles. The first kappa shape index (κ1) is 14.3. The van der Waals surface area contributed by atoms with Crippen LogP contribution in [0.5, 0.6) is 11.5 Å². The van der Waals surface area contributed by atoms with Gasteiger partial charge in [-0.2, -0.15) is 0 Å². The maximum absolute atomic E-state index is 11.0. The Hall–Kier alpha value is -1.77. The van der Waals surface area contributed by atoms with Gasteiger partial charge in [0.1, 0.15) is 11.5 Å². The van der Waals surface area contributed by atoms with Gasteiger partial charge in [0.05, 0.1) is 6.10 Å². The van der Waals surface area contributed by atoms with E-state index in [0.29, 0.717) is 11.5 Å². The summed E-state index contributed by atoms with van der Waals surface area (Å²) in [6, 6.07) is 5.50. The standard InChI is InChI=1S/C15H20O3/c1-6-11(4)13-7-14(17-10(2)3)9-15(8-13)18-12(5)16/h6-11H,1H2,2-5H3. The van der Waals surface area contributed by atoms with Crippen LogP contribution in [0.2, 0.25) is 0 Å². The van der Waals surface area contributed by atoms with Crippen LogP contribution in [0.15, 0.2) is 30.9 Å². The average Bonchev–Trinajstić information content (AvgIpc) is 2.25. The van der Waals surface area contributed by atoms with Crippen molar-refractivity contribution in [3.8, 4) is 11.5 Å². The third-order valence-electron chi connectivity index (χ3n) is 2.42. The summed E-state index contributed by atoms with van der Waals surface area (Å²) in [5, 5.41) is 0. The Labute approximate surface area is 108 Å². The van der Waals surface area contributed by atoms with Crippen molar-refractivity contribution in [1.29, 1.82) is 0 Å². The molecule has 1 aromatic carbocycles. The zero-order valence-electron chi connectivity index (χ0n) is 11.4. The Morgan fingerprint density at radius 2 is 1.83 bits per heavy atom. The second kappa shape index (κ2) is 6.24. The number of carbonyl (C=O) groups is 1. The predicted octanol–water partition coefficient (Wildman–Crippen LogP) is 3.69. The summed E-state index contributed by atoms with van der Waals surface area (Å²) in [6.07, 6.45) is 1.91. The Bertz CT molecular complexity index is 435. The molecule has 0 spiro atoms. The minimum absolute atomic E-state index is 0.0736. The Kier molecular flexibility index (Phi) is 4.95. The molecule has 1 unspecified atom stereocenters. The molecule has 98 valence electrons. The molecular formula is C15H20O3. The SMILES string of the molecule is C=CC(C)c1cc(OC(C)=O)cc(OC(C)C)c1. The molecule has 0 N–H and O–H groups in total. The molecule has 3 nitrogen and oxygen atoms in total. The molecule has 0 saturated carbocycles. The van der Waals surface area contributed by atoms with Crippen molar-refractivity contribution < 1.29 is 14.3 Å². The highest BCUT2D eigenvalue weighted by atomic mass is 16.5. The lowest BCUT2D eigenvalue weighted by Crippen LogP contribution is -2.07. The number of carbonyl (C=O) groups excluding carboxylic acids is 1. The van der Waals surface area contributed by atoms with Crippen molar-refractivity contribution in [2.24, 2.45) is 0 Å². The van der Waals surface area contributed by atoms with E-state index in [9.17, 15) is 4.79 Å². The monoisotopic (exact) mass is 248 g/mol. The molecular weight excluding hydrogens is 228 g/mol. The van der Waals surface area contributed by atoms with Crippen molar-refractivity contribution in [2.45, 2.75) is 39.7 Å². The molecule has 18 heavy (non-hydrogen) atoms. The quantitative estimate of drug-likeness (QED) is 0.453. The molecule has 1 aromatic rings. The minimum atomic E-state index is -0.339. The van der Waals surface area contributed by atoms with E-state index in [1.807, 2.05) is 39.0 Å². The van der Waals surface area contributed by atoms with Crippen LogP contribution in [0.4, 0.5) is 0 Å². The molecule has 0 saturated heterocycles. The number of ether oxygens (including phenoxy) is 2. The molecule has 0 bridgehead atoms. The molecule has 0 aromatic heterocycles. The van der Waals surface area contributed by atoms with Gasteiger partial charge in [-0.3, -0.25) is 4.79 Å². The third-order valence-corrected chi connectivity index (χ3v) is 2.42. The van der Waals surface area contributed by atoms with E-state index in [2.05, 4.69) is 6.58 Å². The van der Waals surface area contributed by atoms with Crippen LogP contribution >= 0.6 is 0 Å². The maximum atomic E-state index is 11.0. The first-order valence-corrected chi connectivity index (χ1v) is 6.05. The highest BCUT2D eigenvalue weighted by Gasteiger charge is 2.09. The third kappa shape index (κ3) is 4.24. The summed E-state index contributed by atoms with van der Waals surface area (Å²) < 4.78 is 10.8. The van der Waals surface area contributed by atoms with Crippen LogP contribution in [0.3, 0.4) is 0 Å². The van der Waals surface area contributed by atoms with E-state index in [1.165, 1.54) is 6.92 Å². The largest absolute Gasteiger partial charge is 0.491 e. The number of hydrogen-bond acceptors (Lipinski definition) is 3. The van der Waals surface area contributed by atoms with Crippen LogP contribution in [-0.4, -0.2) is 12.1 Å². The zero-order chi connectivity index (χ0) is 13.7. The topological polar surface area (TPSA) is 35.5 Å². The fourth-order valence-electron chi connectivity index (χ4n) is 1.56. The van der Waals surface area contributed by atoms with Crippen molar-refractivity contribution in [3.63, 3.8) is 0 Å². The van der Waals surface area contributed by atoms with Crippen molar-refractivity contribution in [3.05, 3.63) is 36.4 Å². The fourth-order valence-corrected chi connectivity index (χ4v) is 1.56. The van der Waals surface area contributed by atoms with Gasteiger partial charge in [-0.15, -0.1) is 6.58 Å². The Balaban J connectivity index is 3.10. The lowest BCUT2D eigenvalue weighted by atomic mass is 10.0. The van der Waals surface area contributed by atoms with Gasteiger partial charge in [-0.05, 0) is 37.5 Å². The summed E-state index contributed by atoms with van der Waals surface area (Å²) in [4.78, 5) is 11.0. The number of esters is 1. The number of hydrogen-bond donors (Lipinski definition) is 0. The minimum Gasteiger partial charge on any atom is -0.491 e. The number of allylic oxidation sites excluding steroid dienone is 1. The van der Waals surface area contributed by atoms with Crippen molar-refractivity contribution in [1.82, 2.24) is 0 Å². The molecule has 1 atom stereocenters. The van der Waals surface area contributed by atoms with E-state index < -0.39 is 0 Å². The summed E-state index contributed by atoms with van der Waals surface area (Å²) in [5.41, 5.74) is 1.01. The van der Waals surface area contributed by atoms with Gasteiger partial charge in [0.2, 0.25) is 0 Å². The first-order chi connectivity index (χ1) is 8.42. The molecule has 0 radical (unpaired) electrons. The summed E-state index contributed by atoms with van der Waals surface area (Å²) >= 11 is 0. The van der Waals surface area contributed by atoms with Crippen molar-refractivity contribution in [2.75, 3.05) is 0 Å². The number of benzene rings is 1. The molecule has 0 aliphatic carbocycles. The van der Waals surface area contributed by atoms with Crippen LogP contribution in [-0.2, 0) is 4.79 Å². The predicted molar refractivity (Wildman–Crippen MR) is 72.1 cm³/mol. The van der Waals surface area contributed by atoms with E-state index in [4.69, 9.17) is 9.47 Å². The van der Waals surface area contributed by atoms with Crippen LogP contribution in [0.25, 0.3) is 0 Å². The van der Waals surface area contributed by atoms with Crippen molar-refractivity contribution >= 4 is 5.97 Å². The Morgan fingerprint density at radius 1 is 1.22 bits per heavy atom. The second-order valence-electron chi connectivity index (χ2n) is 4.52. The van der Waals surface area contributed by atoms with E-state index >= 15 is 0 Å². The summed E-state index contributed by atoms with van der Waals surface area (Å²) in [6.45, 7) is 11.1. The highest BCUT2D eigenvalue weighted by Crippen LogP contribution is 2.28. The molecule has 3 heteroatoms. The molecule has 0 amide bonds. The van der Waals surface area contributed by atoms with Gasteiger partial charge in [0.25, 0.3) is 0 Å². The van der Waals surface area contributed by atoms with E-state index in [-0.39, 0.29) is 18.0 Å². The van der Waals surface area contributed by atoms with E-state index in [1.54, 1.807) is 6.07 Å². The van der Waals surface area contributed by atoms with Crippen LogP contribution in [0, 0.1) is 0 Å². The maximum Gasteiger partial charge on any atom is 0.308 e. The molecule has 0 aliphatic rings. The van der Waals surface area contributed by atoms with Gasteiger partial charge in [-0.1, -0.05) is 13.0 Å². The van der Waals surface area contributed by atoms with E-state index in [0.717, 1.165) is 5.56 Å². The smallest absolute Gasteiger partial charge is 0.308 e. The lowest BCUT2D eigenvalue weighted by molar-refractivity contribution is -0.131. The number of rotatable bonds is 5. The van der Waals surface area contributed by atoms with Gasteiger partial charge in [0, 0.05) is 13.0 Å². The van der Waals surface area contributed by atoms with Gasteiger partial charge in [-0.25, -0.2) is 0 Å². The summed E-state index contributed by atoms with van der Waals surface area (Å²) in [7, 11) is 0. The molecule has 0 fully saturated rings. The highest BCUT2D eigenvalue weighted by molar-refractivity contribution is 5.69. The lowest BCUT2D eigenvalue weighted by Gasteiger charge is -2.15. The fraction of sp³-hybridized carbons (Fsp3) is 0.400. The normalized spacial score (nSPS) is 12.1. The Morgan fingerprint density at radius 3 is 2.33 bits per heavy atom. The van der Waals surface area contributed by atoms with Gasteiger partial charge in [0.15, 0.2) is 0 Å². The zero-order valence-corrected chi connectivity index (χ0v) is 11.4.